The third-order valence-electron chi connectivity index (χ3n) is 2.58. The minimum absolute atomic E-state index is 0.178. The van der Waals surface area contributed by atoms with Crippen molar-refractivity contribution in [1.82, 2.24) is 0 Å². The van der Waals surface area contributed by atoms with Crippen molar-refractivity contribution in [3.05, 3.63) is 29.8 Å². The van der Waals surface area contributed by atoms with Gasteiger partial charge in [-0.05, 0) is 24.7 Å². The van der Waals surface area contributed by atoms with Crippen molar-refractivity contribution >= 4 is 18.3 Å². The first-order chi connectivity index (χ1) is 10.3. The predicted octanol–water partition coefficient (Wildman–Crippen LogP) is 2.30. The van der Waals surface area contributed by atoms with E-state index in [1.807, 2.05) is 38.1 Å². The normalized spacial score (nSPS) is 17.9. The molecule has 0 aromatic heterocycles. The van der Waals surface area contributed by atoms with Crippen LogP contribution in [0.2, 0.25) is 0 Å². The lowest BCUT2D eigenvalue weighted by molar-refractivity contribution is -0.109. The molecule has 1 aliphatic heterocycles. The SMILES string of the molecule is CC.CN.NC(C=O)c1ccc(SOC2CCOC2)cc1. The summed E-state index contributed by atoms with van der Waals surface area (Å²) in [6.45, 7) is 5.44. The monoisotopic (exact) mass is 314 g/mol. The van der Waals surface area contributed by atoms with E-state index in [1.54, 1.807) is 0 Å². The summed E-state index contributed by atoms with van der Waals surface area (Å²) in [5.41, 5.74) is 10.9. The number of hydrogen-bond acceptors (Lipinski definition) is 6. The Bertz CT molecular complexity index is 368. The summed E-state index contributed by atoms with van der Waals surface area (Å²) >= 11 is 1.34. The summed E-state index contributed by atoms with van der Waals surface area (Å²) in [6, 6.07) is 6.95. The first kappa shape index (κ1) is 20.1. The molecule has 4 N–H and O–H groups in total. The van der Waals surface area contributed by atoms with Crippen LogP contribution in [0.15, 0.2) is 29.2 Å². The molecule has 0 amide bonds. The van der Waals surface area contributed by atoms with Gasteiger partial charge in [0.25, 0.3) is 0 Å². The summed E-state index contributed by atoms with van der Waals surface area (Å²) in [4.78, 5) is 11.5. The fraction of sp³-hybridized carbons (Fsp3) is 0.533. The van der Waals surface area contributed by atoms with E-state index >= 15 is 0 Å². The zero-order valence-electron chi connectivity index (χ0n) is 13.0. The highest BCUT2D eigenvalue weighted by Crippen LogP contribution is 2.24. The van der Waals surface area contributed by atoms with E-state index in [2.05, 4.69) is 5.73 Å². The maximum atomic E-state index is 10.5. The molecule has 0 aliphatic carbocycles. The maximum absolute atomic E-state index is 10.5. The van der Waals surface area contributed by atoms with E-state index in [9.17, 15) is 4.79 Å². The molecule has 21 heavy (non-hydrogen) atoms. The Morgan fingerprint density at radius 2 is 1.95 bits per heavy atom. The number of aldehydes is 1. The molecule has 2 atom stereocenters. The Morgan fingerprint density at radius 3 is 2.43 bits per heavy atom. The summed E-state index contributed by atoms with van der Waals surface area (Å²) in [5, 5.41) is 0. The van der Waals surface area contributed by atoms with Crippen LogP contribution in [0.25, 0.3) is 0 Å². The molecular formula is C15H26N2O3S. The van der Waals surface area contributed by atoms with Gasteiger partial charge in [-0.1, -0.05) is 26.0 Å². The van der Waals surface area contributed by atoms with Crippen molar-refractivity contribution in [3.8, 4) is 0 Å². The van der Waals surface area contributed by atoms with E-state index in [4.69, 9.17) is 14.7 Å². The minimum atomic E-state index is -0.543. The van der Waals surface area contributed by atoms with Crippen LogP contribution in [-0.4, -0.2) is 32.7 Å². The lowest BCUT2D eigenvalue weighted by Crippen LogP contribution is -2.11. The number of hydrogen-bond donors (Lipinski definition) is 2. The Labute approximate surface area is 131 Å². The van der Waals surface area contributed by atoms with Gasteiger partial charge in [0, 0.05) is 30.0 Å². The molecule has 1 fully saturated rings. The van der Waals surface area contributed by atoms with E-state index < -0.39 is 6.04 Å². The van der Waals surface area contributed by atoms with Crippen LogP contribution in [0.3, 0.4) is 0 Å². The van der Waals surface area contributed by atoms with Crippen molar-refractivity contribution in [1.29, 1.82) is 0 Å². The first-order valence-electron chi connectivity index (χ1n) is 7.09. The van der Waals surface area contributed by atoms with E-state index in [1.165, 1.54) is 19.1 Å². The van der Waals surface area contributed by atoms with Crippen molar-refractivity contribution in [3.63, 3.8) is 0 Å². The van der Waals surface area contributed by atoms with Crippen LogP contribution in [-0.2, 0) is 13.7 Å². The summed E-state index contributed by atoms with van der Waals surface area (Å²) in [5.74, 6) is 0. The fourth-order valence-electron chi connectivity index (χ4n) is 1.54. The van der Waals surface area contributed by atoms with Crippen LogP contribution < -0.4 is 11.5 Å². The number of benzene rings is 1. The molecule has 0 radical (unpaired) electrons. The predicted molar refractivity (Wildman–Crippen MR) is 87.1 cm³/mol. The van der Waals surface area contributed by atoms with Gasteiger partial charge in [0.2, 0.25) is 0 Å². The van der Waals surface area contributed by atoms with Crippen molar-refractivity contribution in [2.75, 3.05) is 20.3 Å². The van der Waals surface area contributed by atoms with Crippen molar-refractivity contribution in [2.24, 2.45) is 11.5 Å². The second-order valence-corrected chi connectivity index (χ2v) is 4.73. The molecule has 2 unspecified atom stereocenters. The first-order valence-corrected chi connectivity index (χ1v) is 7.83. The third kappa shape index (κ3) is 7.59. The summed E-state index contributed by atoms with van der Waals surface area (Å²) in [7, 11) is 1.50. The largest absolute Gasteiger partial charge is 0.379 e. The lowest BCUT2D eigenvalue weighted by atomic mass is 10.1. The highest BCUT2D eigenvalue weighted by molar-refractivity contribution is 7.94. The minimum Gasteiger partial charge on any atom is -0.379 e. The lowest BCUT2D eigenvalue weighted by Gasteiger charge is -2.09. The number of ether oxygens (including phenoxy) is 1. The Hall–Kier alpha value is -0.920. The average molecular weight is 314 g/mol. The molecule has 1 saturated heterocycles. The highest BCUT2D eigenvalue weighted by atomic mass is 32.2. The quantitative estimate of drug-likeness (QED) is 0.640. The Kier molecular flexibility index (Phi) is 12.2. The van der Waals surface area contributed by atoms with Gasteiger partial charge in [-0.3, -0.25) is 0 Å². The Morgan fingerprint density at radius 1 is 1.33 bits per heavy atom. The molecular weight excluding hydrogens is 288 g/mol. The van der Waals surface area contributed by atoms with Gasteiger partial charge in [-0.25, -0.2) is 0 Å². The standard InChI is InChI=1S/C12H15NO3S.C2H6.CH5N/c13-12(7-14)9-1-3-11(4-2-9)17-16-10-5-6-15-8-10;2*1-2/h1-4,7,10,12H,5-6,8,13H2;1-2H3;2H2,1H3. The van der Waals surface area contributed by atoms with Gasteiger partial charge in [0.05, 0.1) is 18.8 Å². The second kappa shape index (κ2) is 12.8. The van der Waals surface area contributed by atoms with Gasteiger partial charge in [-0.15, -0.1) is 0 Å². The van der Waals surface area contributed by atoms with Gasteiger partial charge < -0.3 is 25.2 Å². The van der Waals surface area contributed by atoms with Crippen LogP contribution in [0.5, 0.6) is 0 Å². The van der Waals surface area contributed by atoms with Crippen molar-refractivity contribution < 1.29 is 13.7 Å². The molecule has 5 nitrogen and oxygen atoms in total. The highest BCUT2D eigenvalue weighted by Gasteiger charge is 2.16. The molecule has 2 rings (SSSR count). The Balaban J connectivity index is 0.000000921. The van der Waals surface area contributed by atoms with E-state index in [0.717, 1.165) is 29.8 Å². The third-order valence-corrected chi connectivity index (χ3v) is 3.41. The van der Waals surface area contributed by atoms with Crippen LogP contribution >= 0.6 is 12.0 Å². The number of rotatable bonds is 5. The molecule has 6 heteroatoms. The summed E-state index contributed by atoms with van der Waals surface area (Å²) < 4.78 is 10.8. The van der Waals surface area contributed by atoms with Gasteiger partial charge in [0.15, 0.2) is 0 Å². The van der Waals surface area contributed by atoms with Gasteiger partial charge in [-0.2, -0.15) is 0 Å². The average Bonchev–Trinajstić information content (AvgIpc) is 3.10. The molecule has 0 spiro atoms. The number of carbonyl (C=O) groups excluding carboxylic acids is 1. The number of nitrogens with two attached hydrogens (primary N) is 2. The number of carbonyl (C=O) groups is 1. The van der Waals surface area contributed by atoms with E-state index in [0.29, 0.717) is 6.61 Å². The van der Waals surface area contributed by atoms with Crippen LogP contribution in [0.1, 0.15) is 31.9 Å². The smallest absolute Gasteiger partial charge is 0.141 e. The van der Waals surface area contributed by atoms with Crippen LogP contribution in [0.4, 0.5) is 0 Å². The van der Waals surface area contributed by atoms with Gasteiger partial charge >= 0.3 is 0 Å². The maximum Gasteiger partial charge on any atom is 0.141 e. The van der Waals surface area contributed by atoms with Gasteiger partial charge in [0.1, 0.15) is 6.29 Å². The topological polar surface area (TPSA) is 87.6 Å². The van der Waals surface area contributed by atoms with E-state index in [-0.39, 0.29) is 6.10 Å². The molecule has 1 aliphatic rings. The second-order valence-electron chi connectivity index (χ2n) is 3.90. The molecule has 0 bridgehead atoms. The molecule has 1 aromatic rings. The van der Waals surface area contributed by atoms with Crippen molar-refractivity contribution in [2.45, 2.75) is 37.3 Å². The molecule has 1 aromatic carbocycles. The molecule has 0 saturated carbocycles. The molecule has 1 heterocycles. The molecule has 120 valence electrons. The zero-order valence-corrected chi connectivity index (χ0v) is 13.8. The fourth-order valence-corrected chi connectivity index (χ4v) is 2.18. The summed E-state index contributed by atoms with van der Waals surface area (Å²) in [6.07, 6.45) is 1.85. The zero-order chi connectivity index (χ0) is 16.1. The van der Waals surface area contributed by atoms with Crippen LogP contribution in [0, 0.1) is 0 Å².